The van der Waals surface area contributed by atoms with Crippen molar-refractivity contribution in [2.45, 2.75) is 38.6 Å². The minimum atomic E-state index is -3.24. The van der Waals surface area contributed by atoms with Crippen molar-refractivity contribution in [1.29, 1.82) is 0 Å². The molecule has 2 bridgehead atoms. The largest absolute Gasteiger partial charge is 0.330 e. The standard InChI is InChI=1S/C12H23N3O2S.ClH/c1-12(8-13)4-5-14(9-12)18(16,17)15-7-10-2-3-11(15)6-10;/h10-11H,2-9,13H2,1H3;1H. The molecule has 3 fully saturated rings. The van der Waals surface area contributed by atoms with Gasteiger partial charge >= 0.3 is 0 Å². The van der Waals surface area contributed by atoms with Crippen molar-refractivity contribution in [2.24, 2.45) is 17.1 Å². The second-order valence-corrected chi connectivity index (χ2v) is 8.39. The number of hydrogen-bond donors (Lipinski definition) is 1. The summed E-state index contributed by atoms with van der Waals surface area (Å²) in [7, 11) is -3.24. The van der Waals surface area contributed by atoms with Gasteiger partial charge in [0.1, 0.15) is 0 Å². The predicted octanol–water partition coefficient (Wildman–Crippen LogP) is 0.808. The van der Waals surface area contributed by atoms with E-state index in [0.717, 1.165) is 25.8 Å². The summed E-state index contributed by atoms with van der Waals surface area (Å²) in [6.07, 6.45) is 4.20. The predicted molar refractivity (Wildman–Crippen MR) is 77.4 cm³/mol. The number of piperidine rings is 1. The average Bonchev–Trinajstić information content (AvgIpc) is 3.03. The van der Waals surface area contributed by atoms with Crippen LogP contribution in [0.4, 0.5) is 0 Å². The van der Waals surface area contributed by atoms with E-state index in [1.54, 1.807) is 8.61 Å². The van der Waals surface area contributed by atoms with Crippen molar-refractivity contribution in [2.75, 3.05) is 26.2 Å². The number of nitrogens with two attached hydrogens (primary N) is 1. The van der Waals surface area contributed by atoms with E-state index in [1.165, 1.54) is 6.42 Å². The molecule has 5 nitrogen and oxygen atoms in total. The van der Waals surface area contributed by atoms with Crippen LogP contribution in [0.5, 0.6) is 0 Å². The van der Waals surface area contributed by atoms with Gasteiger partial charge in [0.2, 0.25) is 0 Å². The highest BCUT2D eigenvalue weighted by Gasteiger charge is 2.48. The smallest absolute Gasteiger partial charge is 0.282 e. The normalized spacial score (nSPS) is 39.7. The van der Waals surface area contributed by atoms with Gasteiger partial charge in [-0.3, -0.25) is 0 Å². The first-order valence-corrected chi connectivity index (χ1v) is 8.31. The molecule has 0 aromatic heterocycles. The van der Waals surface area contributed by atoms with Gasteiger partial charge in [-0.1, -0.05) is 6.92 Å². The maximum Gasteiger partial charge on any atom is 0.282 e. The maximum absolute atomic E-state index is 12.6. The summed E-state index contributed by atoms with van der Waals surface area (Å²) < 4.78 is 28.7. The molecule has 2 aliphatic heterocycles. The summed E-state index contributed by atoms with van der Waals surface area (Å²) in [5, 5.41) is 0. The zero-order valence-electron chi connectivity index (χ0n) is 11.4. The first kappa shape index (κ1) is 15.5. The van der Waals surface area contributed by atoms with Gasteiger partial charge in [0, 0.05) is 25.7 Å². The van der Waals surface area contributed by atoms with Gasteiger partial charge < -0.3 is 5.73 Å². The maximum atomic E-state index is 12.6. The summed E-state index contributed by atoms with van der Waals surface area (Å²) in [5.74, 6) is 0.605. The molecular weight excluding hydrogens is 286 g/mol. The quantitative estimate of drug-likeness (QED) is 0.839. The number of nitrogens with zero attached hydrogens (tertiary/aromatic N) is 2. The fourth-order valence-corrected chi connectivity index (χ4v) is 5.71. The monoisotopic (exact) mass is 309 g/mol. The van der Waals surface area contributed by atoms with Crippen molar-refractivity contribution in [3.63, 3.8) is 0 Å². The van der Waals surface area contributed by atoms with E-state index in [-0.39, 0.29) is 23.9 Å². The summed E-state index contributed by atoms with van der Waals surface area (Å²) in [5.41, 5.74) is 5.72. The average molecular weight is 310 g/mol. The van der Waals surface area contributed by atoms with Gasteiger partial charge in [-0.05, 0) is 43.6 Å². The van der Waals surface area contributed by atoms with Gasteiger partial charge in [0.25, 0.3) is 10.2 Å². The molecule has 0 radical (unpaired) electrons. The number of rotatable bonds is 3. The van der Waals surface area contributed by atoms with E-state index < -0.39 is 10.2 Å². The lowest BCUT2D eigenvalue weighted by molar-refractivity contribution is 0.292. The Bertz CT molecular complexity index is 444. The molecular formula is C12H24ClN3O2S. The molecule has 3 atom stereocenters. The zero-order valence-corrected chi connectivity index (χ0v) is 13.0. The fraction of sp³-hybridized carbons (Fsp3) is 1.00. The first-order valence-electron chi connectivity index (χ1n) is 6.92. The molecule has 112 valence electrons. The van der Waals surface area contributed by atoms with Crippen molar-refractivity contribution < 1.29 is 8.42 Å². The lowest BCUT2D eigenvalue weighted by Crippen LogP contribution is -2.47. The van der Waals surface area contributed by atoms with Gasteiger partial charge in [-0.25, -0.2) is 0 Å². The molecule has 0 spiro atoms. The summed E-state index contributed by atoms with van der Waals surface area (Å²) in [6, 6.07) is 0.268. The third-order valence-corrected chi connectivity index (χ3v) is 7.00. The summed E-state index contributed by atoms with van der Waals surface area (Å²) in [4.78, 5) is 0. The van der Waals surface area contributed by atoms with Gasteiger partial charge in [0.05, 0.1) is 0 Å². The third kappa shape index (κ3) is 2.53. The van der Waals surface area contributed by atoms with Crippen LogP contribution in [0.2, 0.25) is 0 Å². The molecule has 2 N–H and O–H groups in total. The minimum Gasteiger partial charge on any atom is -0.330 e. The highest BCUT2D eigenvalue weighted by molar-refractivity contribution is 7.86. The Morgan fingerprint density at radius 2 is 2.11 bits per heavy atom. The second kappa shape index (κ2) is 5.15. The molecule has 0 aromatic carbocycles. The molecule has 0 amide bonds. The van der Waals surface area contributed by atoms with Gasteiger partial charge in [-0.2, -0.15) is 17.0 Å². The van der Waals surface area contributed by atoms with Crippen LogP contribution in [0.25, 0.3) is 0 Å². The van der Waals surface area contributed by atoms with Crippen molar-refractivity contribution in [3.8, 4) is 0 Å². The lowest BCUT2D eigenvalue weighted by Gasteiger charge is -2.31. The molecule has 7 heteroatoms. The Labute approximate surface area is 122 Å². The molecule has 2 saturated heterocycles. The molecule has 2 heterocycles. The van der Waals surface area contributed by atoms with Crippen LogP contribution < -0.4 is 5.73 Å². The lowest BCUT2D eigenvalue weighted by atomic mass is 9.90. The van der Waals surface area contributed by atoms with Gasteiger partial charge in [-0.15, -0.1) is 12.4 Å². The molecule has 3 unspecified atom stereocenters. The van der Waals surface area contributed by atoms with E-state index in [1.807, 2.05) is 0 Å². The molecule has 19 heavy (non-hydrogen) atoms. The number of fused-ring (bicyclic) bond motifs is 2. The molecule has 3 rings (SSSR count). The minimum absolute atomic E-state index is 0. The topological polar surface area (TPSA) is 66.6 Å². The van der Waals surface area contributed by atoms with Crippen molar-refractivity contribution in [1.82, 2.24) is 8.61 Å². The number of hydrogen-bond acceptors (Lipinski definition) is 3. The Morgan fingerprint density at radius 1 is 1.37 bits per heavy atom. The summed E-state index contributed by atoms with van der Waals surface area (Å²) in [6.45, 7) is 4.59. The van der Waals surface area contributed by atoms with E-state index in [2.05, 4.69) is 6.92 Å². The highest BCUT2D eigenvalue weighted by Crippen LogP contribution is 2.41. The van der Waals surface area contributed by atoms with Crippen LogP contribution in [-0.4, -0.2) is 49.2 Å². The molecule has 1 aliphatic carbocycles. The fourth-order valence-electron chi connectivity index (χ4n) is 3.65. The Balaban J connectivity index is 0.00000133. The second-order valence-electron chi connectivity index (χ2n) is 6.51. The molecule has 1 saturated carbocycles. The van der Waals surface area contributed by atoms with Crippen LogP contribution >= 0.6 is 12.4 Å². The SMILES string of the molecule is CC1(CN)CCN(S(=O)(=O)N2CC3CCC2C3)C1.Cl. The van der Waals surface area contributed by atoms with Crippen LogP contribution in [0.1, 0.15) is 32.6 Å². The summed E-state index contributed by atoms with van der Waals surface area (Å²) >= 11 is 0. The Kier molecular flexibility index (Phi) is 4.20. The number of halogens is 1. The Hall–Kier alpha value is 0.120. The Morgan fingerprint density at radius 3 is 2.58 bits per heavy atom. The third-order valence-electron chi connectivity index (χ3n) is 5.00. The zero-order chi connectivity index (χ0) is 13.0. The molecule has 3 aliphatic rings. The molecule has 0 aromatic rings. The van der Waals surface area contributed by atoms with Crippen LogP contribution in [0.3, 0.4) is 0 Å². The van der Waals surface area contributed by atoms with E-state index >= 15 is 0 Å². The van der Waals surface area contributed by atoms with Crippen molar-refractivity contribution >= 4 is 22.6 Å². The van der Waals surface area contributed by atoms with Gasteiger partial charge in [0.15, 0.2) is 0 Å². The van der Waals surface area contributed by atoms with Crippen LogP contribution in [-0.2, 0) is 10.2 Å². The first-order chi connectivity index (χ1) is 8.44. The van der Waals surface area contributed by atoms with Crippen LogP contribution in [0, 0.1) is 11.3 Å². The van der Waals surface area contributed by atoms with E-state index in [4.69, 9.17) is 5.73 Å². The van der Waals surface area contributed by atoms with E-state index in [0.29, 0.717) is 25.6 Å². The van der Waals surface area contributed by atoms with E-state index in [9.17, 15) is 8.42 Å². The van der Waals surface area contributed by atoms with Crippen molar-refractivity contribution in [3.05, 3.63) is 0 Å². The van der Waals surface area contributed by atoms with Crippen LogP contribution in [0.15, 0.2) is 0 Å². The highest BCUT2D eigenvalue weighted by atomic mass is 35.5.